The zero-order valence-corrected chi connectivity index (χ0v) is 9.93. The molecule has 0 aliphatic heterocycles. The van der Waals surface area contributed by atoms with E-state index in [1.807, 2.05) is 0 Å². The summed E-state index contributed by atoms with van der Waals surface area (Å²) in [5.41, 5.74) is 6.63. The number of anilines is 2. The highest BCUT2D eigenvalue weighted by Crippen LogP contribution is 2.19. The third-order valence-electron chi connectivity index (χ3n) is 1.97. The van der Waals surface area contributed by atoms with Crippen molar-refractivity contribution in [2.45, 2.75) is 25.5 Å². The minimum absolute atomic E-state index is 0.527. The minimum Gasteiger partial charge on any atom is -0.399 e. The monoisotopic (exact) mass is 228 g/mol. The normalized spacial score (nSPS) is 12.5. The summed E-state index contributed by atoms with van der Waals surface area (Å²) in [5, 5.41) is 0. The first-order chi connectivity index (χ1) is 6.72. The van der Waals surface area contributed by atoms with E-state index in [9.17, 15) is 8.42 Å². The maximum atomic E-state index is 11.8. The number of hydrogen-bond acceptors (Lipinski definition) is 3. The number of nitrogen functional groups attached to an aromatic ring is 1. The molecule has 0 aromatic heterocycles. The highest BCUT2D eigenvalue weighted by atomic mass is 32.2. The van der Waals surface area contributed by atoms with Gasteiger partial charge in [0.2, 0.25) is 10.0 Å². The first-order valence-electron chi connectivity index (χ1n) is 4.60. The summed E-state index contributed by atoms with van der Waals surface area (Å²) in [5.74, 6) is 0. The van der Waals surface area contributed by atoms with Gasteiger partial charge in [-0.2, -0.15) is 0 Å². The average molecular weight is 228 g/mol. The molecule has 0 unspecified atom stereocenters. The molecule has 15 heavy (non-hydrogen) atoms. The summed E-state index contributed by atoms with van der Waals surface area (Å²) in [6.45, 7) is 4.94. The smallest absolute Gasteiger partial charge is 0.237 e. The van der Waals surface area contributed by atoms with Crippen molar-refractivity contribution in [2.75, 3.05) is 10.5 Å². The zero-order chi connectivity index (χ0) is 11.7. The van der Waals surface area contributed by atoms with E-state index in [0.717, 1.165) is 0 Å². The summed E-state index contributed by atoms with van der Waals surface area (Å²) >= 11 is 0. The molecule has 0 atom stereocenters. The number of rotatable bonds is 2. The third-order valence-corrected chi connectivity index (χ3v) is 4.09. The molecule has 0 aliphatic carbocycles. The van der Waals surface area contributed by atoms with Crippen LogP contribution in [0.1, 0.15) is 20.8 Å². The van der Waals surface area contributed by atoms with Crippen molar-refractivity contribution in [2.24, 2.45) is 0 Å². The number of hydrogen-bond donors (Lipinski definition) is 2. The Morgan fingerprint density at radius 2 is 1.60 bits per heavy atom. The second kappa shape index (κ2) is 3.73. The van der Waals surface area contributed by atoms with E-state index in [0.29, 0.717) is 11.4 Å². The van der Waals surface area contributed by atoms with Gasteiger partial charge in [-0.05, 0) is 45.0 Å². The summed E-state index contributed by atoms with van der Waals surface area (Å²) in [6, 6.07) is 6.58. The van der Waals surface area contributed by atoms with Gasteiger partial charge in [0.25, 0.3) is 0 Å². The van der Waals surface area contributed by atoms with Crippen molar-refractivity contribution in [1.29, 1.82) is 0 Å². The topological polar surface area (TPSA) is 72.2 Å². The Labute approximate surface area is 90.5 Å². The molecule has 84 valence electrons. The van der Waals surface area contributed by atoms with Crippen LogP contribution in [0.4, 0.5) is 11.4 Å². The maximum Gasteiger partial charge on any atom is 0.237 e. The summed E-state index contributed by atoms with van der Waals surface area (Å²) in [4.78, 5) is 0. The van der Waals surface area contributed by atoms with Crippen LogP contribution < -0.4 is 10.5 Å². The molecule has 0 fully saturated rings. The Balaban J connectivity index is 2.93. The Bertz CT molecular complexity index is 429. The first kappa shape index (κ1) is 11.8. The molecule has 0 bridgehead atoms. The highest BCUT2D eigenvalue weighted by Gasteiger charge is 2.28. The van der Waals surface area contributed by atoms with E-state index in [-0.39, 0.29) is 0 Å². The van der Waals surface area contributed by atoms with Gasteiger partial charge in [0.15, 0.2) is 0 Å². The molecular weight excluding hydrogens is 212 g/mol. The fourth-order valence-electron chi connectivity index (χ4n) is 0.859. The fraction of sp³-hybridized carbons (Fsp3) is 0.400. The van der Waals surface area contributed by atoms with Crippen LogP contribution in [0.5, 0.6) is 0 Å². The van der Waals surface area contributed by atoms with Gasteiger partial charge in [0.1, 0.15) is 0 Å². The van der Waals surface area contributed by atoms with Crippen LogP contribution in [0.3, 0.4) is 0 Å². The quantitative estimate of drug-likeness (QED) is 0.758. The predicted octanol–water partition coefficient (Wildman–Crippen LogP) is 1.81. The van der Waals surface area contributed by atoms with Crippen LogP contribution in [0, 0.1) is 0 Å². The van der Waals surface area contributed by atoms with Crippen molar-refractivity contribution in [3.8, 4) is 0 Å². The Hall–Kier alpha value is -1.23. The maximum absolute atomic E-state index is 11.8. The molecule has 5 heteroatoms. The lowest BCUT2D eigenvalue weighted by Crippen LogP contribution is -2.33. The van der Waals surface area contributed by atoms with E-state index in [4.69, 9.17) is 5.73 Å². The van der Waals surface area contributed by atoms with Crippen molar-refractivity contribution in [1.82, 2.24) is 0 Å². The largest absolute Gasteiger partial charge is 0.399 e. The molecule has 0 saturated carbocycles. The fourth-order valence-corrected chi connectivity index (χ4v) is 1.61. The number of benzene rings is 1. The van der Waals surface area contributed by atoms with Crippen molar-refractivity contribution >= 4 is 21.4 Å². The van der Waals surface area contributed by atoms with Crippen LogP contribution in [-0.2, 0) is 10.0 Å². The van der Waals surface area contributed by atoms with Crippen LogP contribution in [0.25, 0.3) is 0 Å². The van der Waals surface area contributed by atoms with E-state index < -0.39 is 14.8 Å². The zero-order valence-electron chi connectivity index (χ0n) is 9.11. The molecule has 0 radical (unpaired) electrons. The van der Waals surface area contributed by atoms with Gasteiger partial charge in [-0.3, -0.25) is 4.72 Å². The van der Waals surface area contributed by atoms with Gasteiger partial charge in [-0.25, -0.2) is 8.42 Å². The van der Waals surface area contributed by atoms with Gasteiger partial charge in [-0.15, -0.1) is 0 Å². The van der Waals surface area contributed by atoms with Crippen LogP contribution in [-0.4, -0.2) is 13.2 Å². The molecule has 0 aliphatic rings. The molecule has 3 N–H and O–H groups in total. The van der Waals surface area contributed by atoms with Crippen LogP contribution in [0.2, 0.25) is 0 Å². The number of nitrogens with two attached hydrogens (primary N) is 1. The lowest BCUT2D eigenvalue weighted by molar-refractivity contribution is 0.566. The summed E-state index contributed by atoms with van der Waals surface area (Å²) < 4.78 is 25.2. The minimum atomic E-state index is -3.35. The molecule has 0 saturated heterocycles. The Morgan fingerprint density at radius 3 is 2.00 bits per heavy atom. The molecule has 0 amide bonds. The average Bonchev–Trinajstić information content (AvgIpc) is 2.06. The molecule has 1 rings (SSSR count). The SMILES string of the molecule is CC(C)(C)S(=O)(=O)Nc1ccc(N)cc1. The predicted molar refractivity (Wildman–Crippen MR) is 63.1 cm³/mol. The van der Waals surface area contributed by atoms with Gasteiger partial charge in [0.05, 0.1) is 4.75 Å². The standard InChI is InChI=1S/C10H16N2O2S/c1-10(2,3)15(13,14)12-9-6-4-8(11)5-7-9/h4-7,12H,11H2,1-3H3. The first-order valence-corrected chi connectivity index (χ1v) is 6.08. The molecule has 0 spiro atoms. The second-order valence-corrected chi connectivity index (χ2v) is 6.78. The summed E-state index contributed by atoms with van der Waals surface area (Å²) in [6.07, 6.45) is 0. The molecular formula is C10H16N2O2S. The number of sulfonamides is 1. The summed E-state index contributed by atoms with van der Waals surface area (Å²) in [7, 11) is -3.35. The van der Waals surface area contributed by atoms with Crippen molar-refractivity contribution in [3.05, 3.63) is 24.3 Å². The van der Waals surface area contributed by atoms with Crippen LogP contribution >= 0.6 is 0 Å². The van der Waals surface area contributed by atoms with Gasteiger partial charge >= 0.3 is 0 Å². The lowest BCUT2D eigenvalue weighted by Gasteiger charge is -2.20. The third kappa shape index (κ3) is 2.86. The number of nitrogens with one attached hydrogen (secondary N) is 1. The van der Waals surface area contributed by atoms with E-state index in [1.54, 1.807) is 45.0 Å². The van der Waals surface area contributed by atoms with Crippen molar-refractivity contribution < 1.29 is 8.42 Å². The molecule has 1 aromatic rings. The van der Waals surface area contributed by atoms with Crippen molar-refractivity contribution in [3.63, 3.8) is 0 Å². The van der Waals surface area contributed by atoms with Crippen LogP contribution in [0.15, 0.2) is 24.3 Å². The highest BCUT2D eigenvalue weighted by molar-refractivity contribution is 7.94. The Kier molecular flexibility index (Phi) is 2.95. The molecule has 0 heterocycles. The lowest BCUT2D eigenvalue weighted by atomic mass is 10.3. The van der Waals surface area contributed by atoms with E-state index in [2.05, 4.69) is 4.72 Å². The second-order valence-electron chi connectivity index (χ2n) is 4.34. The molecule has 4 nitrogen and oxygen atoms in total. The molecule has 1 aromatic carbocycles. The van der Waals surface area contributed by atoms with E-state index >= 15 is 0 Å². The van der Waals surface area contributed by atoms with Gasteiger partial charge in [-0.1, -0.05) is 0 Å². The van der Waals surface area contributed by atoms with E-state index in [1.165, 1.54) is 0 Å². The van der Waals surface area contributed by atoms with Gasteiger partial charge in [0, 0.05) is 11.4 Å². The van der Waals surface area contributed by atoms with Gasteiger partial charge < -0.3 is 5.73 Å². The Morgan fingerprint density at radius 1 is 1.13 bits per heavy atom.